The molecular formula is C11H12N2O2. The molecule has 1 aromatic heterocycles. The van der Waals surface area contributed by atoms with E-state index in [9.17, 15) is 5.11 Å². The number of benzene rings is 1. The van der Waals surface area contributed by atoms with E-state index < -0.39 is 0 Å². The molecule has 0 fully saturated rings. The highest BCUT2D eigenvalue weighted by Crippen LogP contribution is 2.22. The van der Waals surface area contributed by atoms with Crippen LogP contribution in [0.2, 0.25) is 0 Å². The standard InChI is InChI=1S/C11H12N2O2/c1-13-9(7-14)6-11(12-13)8-3-2-4-10(15)5-8/h2-6,14-15H,7H2,1H3. The number of aliphatic hydroxyl groups is 1. The predicted molar refractivity (Wildman–Crippen MR) is 56.2 cm³/mol. The fraction of sp³-hybridized carbons (Fsp3) is 0.182. The van der Waals surface area contributed by atoms with Crippen molar-refractivity contribution in [1.29, 1.82) is 0 Å². The van der Waals surface area contributed by atoms with E-state index in [1.165, 1.54) is 0 Å². The second-order valence-electron chi connectivity index (χ2n) is 3.35. The van der Waals surface area contributed by atoms with E-state index in [1.807, 2.05) is 6.07 Å². The van der Waals surface area contributed by atoms with E-state index in [1.54, 1.807) is 36.0 Å². The molecule has 0 aliphatic carbocycles. The molecule has 2 aromatic rings. The van der Waals surface area contributed by atoms with Gasteiger partial charge in [-0.3, -0.25) is 4.68 Å². The molecule has 4 heteroatoms. The predicted octanol–water partition coefficient (Wildman–Crippen LogP) is 1.28. The molecule has 0 aliphatic rings. The monoisotopic (exact) mass is 204 g/mol. The van der Waals surface area contributed by atoms with Gasteiger partial charge in [-0.05, 0) is 18.2 Å². The van der Waals surface area contributed by atoms with E-state index in [0.29, 0.717) is 0 Å². The summed E-state index contributed by atoms with van der Waals surface area (Å²) in [5, 5.41) is 22.6. The summed E-state index contributed by atoms with van der Waals surface area (Å²) in [5.74, 6) is 0.212. The smallest absolute Gasteiger partial charge is 0.116 e. The molecule has 0 saturated carbocycles. The number of phenolic OH excluding ortho intramolecular Hbond substituents is 1. The molecule has 0 spiro atoms. The quantitative estimate of drug-likeness (QED) is 0.774. The molecule has 78 valence electrons. The van der Waals surface area contributed by atoms with Crippen molar-refractivity contribution in [3.05, 3.63) is 36.0 Å². The van der Waals surface area contributed by atoms with E-state index >= 15 is 0 Å². The largest absolute Gasteiger partial charge is 0.508 e. The SMILES string of the molecule is Cn1nc(-c2cccc(O)c2)cc1CO. The first kappa shape index (κ1) is 9.73. The molecule has 0 saturated heterocycles. The van der Waals surface area contributed by atoms with Crippen LogP contribution in [0.15, 0.2) is 30.3 Å². The van der Waals surface area contributed by atoms with Gasteiger partial charge in [-0.25, -0.2) is 0 Å². The first-order valence-electron chi connectivity index (χ1n) is 4.64. The normalized spacial score (nSPS) is 10.5. The second-order valence-corrected chi connectivity index (χ2v) is 3.35. The molecule has 15 heavy (non-hydrogen) atoms. The van der Waals surface area contributed by atoms with Gasteiger partial charge >= 0.3 is 0 Å². The fourth-order valence-corrected chi connectivity index (χ4v) is 1.46. The minimum Gasteiger partial charge on any atom is -0.508 e. The zero-order valence-corrected chi connectivity index (χ0v) is 8.38. The van der Waals surface area contributed by atoms with Crippen molar-refractivity contribution in [1.82, 2.24) is 9.78 Å². The Balaban J connectivity index is 2.45. The minimum atomic E-state index is -0.0394. The van der Waals surface area contributed by atoms with Crippen LogP contribution in [0.4, 0.5) is 0 Å². The first-order chi connectivity index (χ1) is 7.20. The molecule has 2 rings (SSSR count). The summed E-state index contributed by atoms with van der Waals surface area (Å²) in [4.78, 5) is 0. The zero-order chi connectivity index (χ0) is 10.8. The molecule has 0 amide bonds. The fourth-order valence-electron chi connectivity index (χ4n) is 1.46. The Bertz CT molecular complexity index is 477. The lowest BCUT2D eigenvalue weighted by molar-refractivity contribution is 0.270. The molecule has 0 unspecified atom stereocenters. The van der Waals surface area contributed by atoms with Crippen LogP contribution in [0.3, 0.4) is 0 Å². The number of hydrogen-bond donors (Lipinski definition) is 2. The van der Waals surface area contributed by atoms with Crippen molar-refractivity contribution in [2.45, 2.75) is 6.61 Å². The van der Waals surface area contributed by atoms with Crippen LogP contribution in [-0.4, -0.2) is 20.0 Å². The molecule has 0 aliphatic heterocycles. The van der Waals surface area contributed by atoms with Gasteiger partial charge in [0.2, 0.25) is 0 Å². The maximum atomic E-state index is 9.32. The average Bonchev–Trinajstić information content (AvgIpc) is 2.60. The summed E-state index contributed by atoms with van der Waals surface area (Å²) in [5.41, 5.74) is 2.33. The highest BCUT2D eigenvalue weighted by atomic mass is 16.3. The van der Waals surface area contributed by atoms with Crippen LogP contribution in [-0.2, 0) is 13.7 Å². The average molecular weight is 204 g/mol. The van der Waals surface area contributed by atoms with Crippen molar-refractivity contribution >= 4 is 0 Å². The van der Waals surface area contributed by atoms with Gasteiger partial charge in [-0.1, -0.05) is 12.1 Å². The molecule has 0 radical (unpaired) electrons. The van der Waals surface area contributed by atoms with Crippen LogP contribution >= 0.6 is 0 Å². The third-order valence-electron chi connectivity index (χ3n) is 2.28. The van der Waals surface area contributed by atoms with E-state index in [-0.39, 0.29) is 12.4 Å². The number of aliphatic hydroxyl groups excluding tert-OH is 1. The van der Waals surface area contributed by atoms with Crippen LogP contribution in [0.1, 0.15) is 5.69 Å². The van der Waals surface area contributed by atoms with Gasteiger partial charge in [0.15, 0.2) is 0 Å². The summed E-state index contributed by atoms with van der Waals surface area (Å²) in [6.45, 7) is -0.0394. The molecule has 2 N–H and O–H groups in total. The minimum absolute atomic E-state index is 0.0394. The number of phenols is 1. The van der Waals surface area contributed by atoms with E-state index in [2.05, 4.69) is 5.10 Å². The summed E-state index contributed by atoms with van der Waals surface area (Å²) in [7, 11) is 1.78. The number of nitrogens with zero attached hydrogens (tertiary/aromatic N) is 2. The summed E-state index contributed by atoms with van der Waals surface area (Å²) in [6, 6.07) is 8.68. The maximum Gasteiger partial charge on any atom is 0.116 e. The Hall–Kier alpha value is -1.81. The van der Waals surface area contributed by atoms with Gasteiger partial charge in [0.1, 0.15) is 5.75 Å². The Morgan fingerprint density at radius 1 is 1.33 bits per heavy atom. The van der Waals surface area contributed by atoms with Crippen molar-refractivity contribution in [3.8, 4) is 17.0 Å². The Kier molecular flexibility index (Phi) is 2.43. The Labute approximate surface area is 87.4 Å². The van der Waals surface area contributed by atoms with Gasteiger partial charge in [0, 0.05) is 12.6 Å². The van der Waals surface area contributed by atoms with Crippen molar-refractivity contribution in [2.75, 3.05) is 0 Å². The zero-order valence-electron chi connectivity index (χ0n) is 8.38. The summed E-state index contributed by atoms with van der Waals surface area (Å²) in [6.07, 6.45) is 0. The number of aryl methyl sites for hydroxylation is 1. The maximum absolute atomic E-state index is 9.32. The molecular weight excluding hydrogens is 192 g/mol. The summed E-state index contributed by atoms with van der Waals surface area (Å²) < 4.78 is 1.62. The van der Waals surface area contributed by atoms with Crippen LogP contribution in [0, 0.1) is 0 Å². The lowest BCUT2D eigenvalue weighted by atomic mass is 10.1. The number of aromatic hydroxyl groups is 1. The van der Waals surface area contributed by atoms with E-state index in [4.69, 9.17) is 5.11 Å². The highest BCUT2D eigenvalue weighted by Gasteiger charge is 2.06. The van der Waals surface area contributed by atoms with Crippen LogP contribution < -0.4 is 0 Å². The van der Waals surface area contributed by atoms with Gasteiger partial charge in [-0.2, -0.15) is 5.10 Å². The van der Waals surface area contributed by atoms with Crippen LogP contribution in [0.25, 0.3) is 11.3 Å². The molecule has 1 heterocycles. The lowest BCUT2D eigenvalue weighted by Crippen LogP contribution is -1.96. The highest BCUT2D eigenvalue weighted by molar-refractivity contribution is 5.61. The third-order valence-corrected chi connectivity index (χ3v) is 2.28. The Morgan fingerprint density at radius 2 is 2.13 bits per heavy atom. The van der Waals surface area contributed by atoms with Gasteiger partial charge < -0.3 is 10.2 Å². The topological polar surface area (TPSA) is 58.3 Å². The van der Waals surface area contributed by atoms with Crippen molar-refractivity contribution < 1.29 is 10.2 Å². The van der Waals surface area contributed by atoms with Crippen molar-refractivity contribution in [2.24, 2.45) is 7.05 Å². The molecule has 1 aromatic carbocycles. The molecule has 0 atom stereocenters. The van der Waals surface area contributed by atoms with Crippen LogP contribution in [0.5, 0.6) is 5.75 Å². The van der Waals surface area contributed by atoms with Gasteiger partial charge in [0.25, 0.3) is 0 Å². The number of hydrogen-bond acceptors (Lipinski definition) is 3. The first-order valence-corrected chi connectivity index (χ1v) is 4.64. The molecule has 0 bridgehead atoms. The van der Waals surface area contributed by atoms with Gasteiger partial charge in [-0.15, -0.1) is 0 Å². The number of aromatic nitrogens is 2. The third kappa shape index (κ3) is 1.85. The lowest BCUT2D eigenvalue weighted by Gasteiger charge is -1.96. The summed E-state index contributed by atoms with van der Waals surface area (Å²) >= 11 is 0. The second kappa shape index (κ2) is 3.74. The van der Waals surface area contributed by atoms with Crippen molar-refractivity contribution in [3.63, 3.8) is 0 Å². The Morgan fingerprint density at radius 3 is 2.73 bits per heavy atom. The molecule has 4 nitrogen and oxygen atoms in total. The van der Waals surface area contributed by atoms with Gasteiger partial charge in [0.05, 0.1) is 18.0 Å². The number of rotatable bonds is 2. The van der Waals surface area contributed by atoms with E-state index in [0.717, 1.165) is 17.0 Å².